The van der Waals surface area contributed by atoms with Gasteiger partial charge >= 0.3 is 0 Å². The Bertz CT molecular complexity index is 868. The number of hydrogen-bond acceptors (Lipinski definition) is 2. The SMILES string of the molecule is Cn1cc(C(=O)c2c(F)ccc(N)c2F)c2ccccc21. The maximum atomic E-state index is 14.0. The Labute approximate surface area is 119 Å². The third-order valence-corrected chi connectivity index (χ3v) is 3.49. The lowest BCUT2D eigenvalue weighted by Crippen LogP contribution is -2.09. The lowest BCUT2D eigenvalue weighted by Gasteiger charge is -2.05. The number of hydrogen-bond donors (Lipinski definition) is 1. The van der Waals surface area contributed by atoms with Gasteiger partial charge in [-0.25, -0.2) is 8.78 Å². The summed E-state index contributed by atoms with van der Waals surface area (Å²) in [5, 5.41) is 0.645. The highest BCUT2D eigenvalue weighted by Gasteiger charge is 2.23. The Hall–Kier alpha value is -2.69. The summed E-state index contributed by atoms with van der Waals surface area (Å²) in [5.41, 5.74) is 5.61. The number of para-hydroxylation sites is 1. The fraction of sp³-hybridized carbons (Fsp3) is 0.0625. The summed E-state index contributed by atoms with van der Waals surface area (Å²) in [6.07, 6.45) is 1.56. The van der Waals surface area contributed by atoms with Crippen molar-refractivity contribution in [3.8, 4) is 0 Å². The number of halogens is 2. The maximum Gasteiger partial charge on any atom is 0.201 e. The first-order chi connectivity index (χ1) is 10.0. The van der Waals surface area contributed by atoms with Gasteiger partial charge in [-0.1, -0.05) is 18.2 Å². The summed E-state index contributed by atoms with van der Waals surface area (Å²) in [4.78, 5) is 12.5. The Kier molecular flexibility index (Phi) is 2.97. The number of benzene rings is 2. The van der Waals surface area contributed by atoms with Gasteiger partial charge in [0.15, 0.2) is 5.82 Å². The van der Waals surface area contributed by atoms with Crippen molar-refractivity contribution >= 4 is 22.4 Å². The second-order valence-electron chi connectivity index (χ2n) is 4.83. The van der Waals surface area contributed by atoms with Crippen LogP contribution in [-0.4, -0.2) is 10.4 Å². The van der Waals surface area contributed by atoms with Crippen molar-refractivity contribution in [3.63, 3.8) is 0 Å². The predicted octanol–water partition coefficient (Wildman–Crippen LogP) is 3.27. The van der Waals surface area contributed by atoms with E-state index in [1.54, 1.807) is 29.9 Å². The predicted molar refractivity (Wildman–Crippen MR) is 77.1 cm³/mol. The van der Waals surface area contributed by atoms with E-state index in [0.29, 0.717) is 5.39 Å². The van der Waals surface area contributed by atoms with Gasteiger partial charge in [-0.15, -0.1) is 0 Å². The number of nitrogens with two attached hydrogens (primary N) is 1. The number of aryl methyl sites for hydroxylation is 1. The third-order valence-electron chi connectivity index (χ3n) is 3.49. The van der Waals surface area contributed by atoms with Crippen molar-refractivity contribution in [1.29, 1.82) is 0 Å². The summed E-state index contributed by atoms with van der Waals surface area (Å²) in [5.74, 6) is -2.65. The van der Waals surface area contributed by atoms with Crippen LogP contribution in [-0.2, 0) is 7.05 Å². The van der Waals surface area contributed by atoms with Gasteiger partial charge in [0.05, 0.1) is 11.3 Å². The van der Waals surface area contributed by atoms with E-state index in [4.69, 9.17) is 5.73 Å². The van der Waals surface area contributed by atoms with Crippen LogP contribution in [0, 0.1) is 11.6 Å². The molecule has 2 aromatic carbocycles. The molecule has 0 aliphatic carbocycles. The standard InChI is InChI=1S/C16H12F2N2O/c1-20-8-10(9-4-2-3-5-13(9)20)16(21)14-11(17)6-7-12(19)15(14)18/h2-8H,19H2,1H3. The molecule has 21 heavy (non-hydrogen) atoms. The average Bonchev–Trinajstić information content (AvgIpc) is 2.81. The Balaban J connectivity index is 2.25. The molecule has 0 fully saturated rings. The van der Waals surface area contributed by atoms with Gasteiger partial charge < -0.3 is 10.3 Å². The summed E-state index contributed by atoms with van der Waals surface area (Å²) in [6, 6.07) is 9.27. The zero-order valence-corrected chi connectivity index (χ0v) is 11.2. The minimum atomic E-state index is -1.02. The molecule has 0 aliphatic heterocycles. The van der Waals surface area contributed by atoms with Gasteiger partial charge in [0, 0.05) is 29.7 Å². The van der Waals surface area contributed by atoms with Gasteiger partial charge in [0.1, 0.15) is 5.82 Å². The van der Waals surface area contributed by atoms with Crippen LogP contribution in [0.3, 0.4) is 0 Å². The second-order valence-corrected chi connectivity index (χ2v) is 4.83. The van der Waals surface area contributed by atoms with E-state index in [0.717, 1.165) is 17.6 Å². The summed E-state index contributed by atoms with van der Waals surface area (Å²) >= 11 is 0. The molecule has 0 bridgehead atoms. The first-order valence-corrected chi connectivity index (χ1v) is 6.33. The van der Waals surface area contributed by atoms with Crippen LogP contribution in [0.5, 0.6) is 0 Å². The molecular formula is C16H12F2N2O. The van der Waals surface area contributed by atoms with E-state index in [2.05, 4.69) is 0 Å². The topological polar surface area (TPSA) is 48.0 Å². The molecule has 3 rings (SSSR count). The molecule has 1 aromatic heterocycles. The Morgan fingerprint density at radius 2 is 1.86 bits per heavy atom. The maximum absolute atomic E-state index is 14.0. The van der Waals surface area contributed by atoms with Crippen LogP contribution >= 0.6 is 0 Å². The van der Waals surface area contributed by atoms with Gasteiger partial charge in [-0.05, 0) is 18.2 Å². The molecule has 0 saturated heterocycles. The highest BCUT2D eigenvalue weighted by Crippen LogP contribution is 2.26. The summed E-state index contributed by atoms with van der Waals surface area (Å²) < 4.78 is 29.6. The van der Waals surface area contributed by atoms with Gasteiger partial charge in [-0.3, -0.25) is 4.79 Å². The number of nitrogen functional groups attached to an aromatic ring is 1. The lowest BCUT2D eigenvalue weighted by molar-refractivity contribution is 0.103. The molecule has 1 heterocycles. The van der Waals surface area contributed by atoms with E-state index in [1.807, 2.05) is 12.1 Å². The van der Waals surface area contributed by atoms with E-state index in [9.17, 15) is 13.6 Å². The normalized spacial score (nSPS) is 11.0. The quantitative estimate of drug-likeness (QED) is 0.580. The van der Waals surface area contributed by atoms with Crippen LogP contribution < -0.4 is 5.73 Å². The molecule has 106 valence electrons. The van der Waals surface area contributed by atoms with Crippen molar-refractivity contribution in [3.05, 3.63) is 65.4 Å². The van der Waals surface area contributed by atoms with E-state index in [1.165, 1.54) is 0 Å². The van der Waals surface area contributed by atoms with Crippen LogP contribution in [0.1, 0.15) is 15.9 Å². The van der Waals surface area contributed by atoms with Crippen LogP contribution in [0.4, 0.5) is 14.5 Å². The van der Waals surface area contributed by atoms with Crippen molar-refractivity contribution in [2.24, 2.45) is 7.05 Å². The fourth-order valence-electron chi connectivity index (χ4n) is 2.43. The first-order valence-electron chi connectivity index (χ1n) is 6.33. The monoisotopic (exact) mass is 286 g/mol. The highest BCUT2D eigenvalue weighted by molar-refractivity contribution is 6.17. The van der Waals surface area contributed by atoms with Crippen molar-refractivity contribution in [2.75, 3.05) is 5.73 Å². The number of rotatable bonds is 2. The van der Waals surface area contributed by atoms with Gasteiger partial charge in [-0.2, -0.15) is 0 Å². The molecule has 0 amide bonds. The van der Waals surface area contributed by atoms with Gasteiger partial charge in [0.25, 0.3) is 0 Å². The molecule has 0 atom stereocenters. The molecule has 3 aromatic rings. The van der Waals surface area contributed by atoms with E-state index >= 15 is 0 Å². The Morgan fingerprint density at radius 1 is 1.14 bits per heavy atom. The molecular weight excluding hydrogens is 274 g/mol. The molecule has 0 radical (unpaired) electrons. The number of anilines is 1. The number of nitrogens with zero attached hydrogens (tertiary/aromatic N) is 1. The molecule has 0 unspecified atom stereocenters. The second kappa shape index (κ2) is 4.70. The van der Waals surface area contributed by atoms with Crippen molar-refractivity contribution in [1.82, 2.24) is 4.57 Å². The molecule has 5 heteroatoms. The lowest BCUT2D eigenvalue weighted by atomic mass is 10.0. The zero-order valence-electron chi connectivity index (χ0n) is 11.2. The number of ketones is 1. The van der Waals surface area contributed by atoms with Crippen molar-refractivity contribution < 1.29 is 13.6 Å². The van der Waals surface area contributed by atoms with Crippen LogP contribution in [0.2, 0.25) is 0 Å². The van der Waals surface area contributed by atoms with Crippen molar-refractivity contribution in [2.45, 2.75) is 0 Å². The number of aromatic nitrogens is 1. The number of carbonyl (C=O) groups excluding carboxylic acids is 1. The molecule has 0 saturated carbocycles. The fourth-order valence-corrected chi connectivity index (χ4v) is 2.43. The number of fused-ring (bicyclic) bond motifs is 1. The first kappa shape index (κ1) is 13.3. The largest absolute Gasteiger partial charge is 0.396 e. The van der Waals surface area contributed by atoms with E-state index in [-0.39, 0.29) is 11.3 Å². The average molecular weight is 286 g/mol. The zero-order chi connectivity index (χ0) is 15.1. The minimum absolute atomic E-state index is 0.247. The molecule has 0 spiro atoms. The Morgan fingerprint density at radius 3 is 2.62 bits per heavy atom. The molecule has 0 aliphatic rings. The van der Waals surface area contributed by atoms with Crippen LogP contribution in [0.25, 0.3) is 10.9 Å². The van der Waals surface area contributed by atoms with Gasteiger partial charge in [0.2, 0.25) is 5.78 Å². The summed E-state index contributed by atoms with van der Waals surface area (Å²) in [7, 11) is 1.77. The van der Waals surface area contributed by atoms with E-state index < -0.39 is 23.0 Å². The summed E-state index contributed by atoms with van der Waals surface area (Å²) in [6.45, 7) is 0. The smallest absolute Gasteiger partial charge is 0.201 e. The third kappa shape index (κ3) is 1.98. The number of carbonyl (C=O) groups is 1. The molecule has 3 nitrogen and oxygen atoms in total. The highest BCUT2D eigenvalue weighted by atomic mass is 19.1. The van der Waals surface area contributed by atoms with Crippen LogP contribution in [0.15, 0.2) is 42.6 Å². The minimum Gasteiger partial charge on any atom is -0.396 e. The molecule has 2 N–H and O–H groups in total.